The van der Waals surface area contributed by atoms with Gasteiger partial charge in [0.2, 0.25) is 6.35 Å². The van der Waals surface area contributed by atoms with Crippen molar-refractivity contribution in [2.24, 2.45) is 0 Å². The highest BCUT2D eigenvalue weighted by atomic mass is 16.3. The molecule has 0 spiro atoms. The first-order valence-electron chi connectivity index (χ1n) is 3.40. The van der Waals surface area contributed by atoms with Crippen LogP contribution in [0.5, 0.6) is 0 Å². The highest BCUT2D eigenvalue weighted by Crippen LogP contribution is 2.30. The molecule has 0 radical (unpaired) electrons. The van der Waals surface area contributed by atoms with Crippen molar-refractivity contribution in [2.75, 3.05) is 17.3 Å². The van der Waals surface area contributed by atoms with Crippen LogP contribution in [0.2, 0.25) is 0 Å². The Morgan fingerprint density at radius 1 is 1.73 bits per heavy atom. The number of nitrogens with one attached hydrogen (secondary N) is 1. The zero-order valence-electron chi connectivity index (χ0n) is 6.15. The molecule has 4 heteroatoms. The fourth-order valence-electron chi connectivity index (χ4n) is 1.16. The van der Waals surface area contributed by atoms with Crippen LogP contribution < -0.4 is 10.2 Å². The quantitative estimate of drug-likeness (QED) is 0.557. The molecule has 2 rings (SSSR count). The first-order valence-corrected chi connectivity index (χ1v) is 3.40. The van der Waals surface area contributed by atoms with Gasteiger partial charge in [0, 0.05) is 13.2 Å². The van der Waals surface area contributed by atoms with Gasteiger partial charge in [0.1, 0.15) is 0 Å². The zero-order chi connectivity index (χ0) is 7.84. The van der Waals surface area contributed by atoms with E-state index in [1.54, 1.807) is 17.3 Å². The lowest BCUT2D eigenvalue weighted by atomic mass is 10.3. The van der Waals surface area contributed by atoms with Gasteiger partial charge in [-0.05, 0) is 6.07 Å². The van der Waals surface area contributed by atoms with Crippen molar-refractivity contribution in [2.45, 2.75) is 6.35 Å². The molecular formula is C7H9N3O. The summed E-state index contributed by atoms with van der Waals surface area (Å²) < 4.78 is 0. The number of anilines is 2. The smallest absolute Gasteiger partial charge is 0.205 e. The third kappa shape index (κ3) is 0.832. The van der Waals surface area contributed by atoms with Crippen molar-refractivity contribution in [3.63, 3.8) is 0 Å². The molecule has 0 saturated carbocycles. The Hall–Kier alpha value is -1.29. The summed E-state index contributed by atoms with van der Waals surface area (Å²) in [6.45, 7) is 0. The van der Waals surface area contributed by atoms with Crippen LogP contribution in [-0.2, 0) is 0 Å². The number of hydrogen-bond donors (Lipinski definition) is 2. The Bertz CT molecular complexity index is 276. The van der Waals surface area contributed by atoms with E-state index in [-0.39, 0.29) is 0 Å². The lowest BCUT2D eigenvalue weighted by Gasteiger charge is -2.14. The second-order valence-corrected chi connectivity index (χ2v) is 2.52. The minimum absolute atomic E-state index is 0.616. The van der Waals surface area contributed by atoms with Crippen molar-refractivity contribution in [3.05, 3.63) is 18.5 Å². The molecule has 2 heterocycles. The van der Waals surface area contributed by atoms with E-state index >= 15 is 0 Å². The topological polar surface area (TPSA) is 48.4 Å². The first kappa shape index (κ1) is 6.42. The molecule has 0 saturated heterocycles. The van der Waals surface area contributed by atoms with Gasteiger partial charge in [-0.15, -0.1) is 0 Å². The van der Waals surface area contributed by atoms with E-state index in [0.29, 0.717) is 0 Å². The molecule has 11 heavy (non-hydrogen) atoms. The van der Waals surface area contributed by atoms with E-state index in [0.717, 1.165) is 11.4 Å². The monoisotopic (exact) mass is 151 g/mol. The predicted molar refractivity (Wildman–Crippen MR) is 42.3 cm³/mol. The number of aliphatic hydroxyl groups excluding tert-OH is 1. The Labute approximate surface area is 64.5 Å². The van der Waals surface area contributed by atoms with Gasteiger partial charge < -0.3 is 15.3 Å². The van der Waals surface area contributed by atoms with Crippen LogP contribution in [0.15, 0.2) is 18.5 Å². The largest absolute Gasteiger partial charge is 0.356 e. The van der Waals surface area contributed by atoms with Crippen LogP contribution >= 0.6 is 0 Å². The summed E-state index contributed by atoms with van der Waals surface area (Å²) in [7, 11) is 1.81. The van der Waals surface area contributed by atoms with Gasteiger partial charge in [-0.25, -0.2) is 0 Å². The average Bonchev–Trinajstić information content (AvgIpc) is 2.30. The van der Waals surface area contributed by atoms with Crippen LogP contribution in [0.3, 0.4) is 0 Å². The van der Waals surface area contributed by atoms with Crippen molar-refractivity contribution in [3.8, 4) is 0 Å². The summed E-state index contributed by atoms with van der Waals surface area (Å²) in [5.74, 6) is 0. The maximum absolute atomic E-state index is 9.31. The molecule has 0 aromatic carbocycles. The molecule has 0 bridgehead atoms. The number of fused-ring (bicyclic) bond motifs is 1. The van der Waals surface area contributed by atoms with E-state index in [2.05, 4.69) is 10.3 Å². The molecule has 2 N–H and O–H groups in total. The highest BCUT2D eigenvalue weighted by molar-refractivity contribution is 5.73. The Kier molecular flexibility index (Phi) is 1.22. The fraction of sp³-hybridized carbons (Fsp3) is 0.286. The van der Waals surface area contributed by atoms with Crippen LogP contribution in [-0.4, -0.2) is 23.5 Å². The molecule has 4 nitrogen and oxygen atoms in total. The summed E-state index contributed by atoms with van der Waals surface area (Å²) in [6, 6.07) is 1.84. The van der Waals surface area contributed by atoms with Crippen LogP contribution in [0.4, 0.5) is 11.4 Å². The van der Waals surface area contributed by atoms with Crippen molar-refractivity contribution in [1.82, 2.24) is 4.98 Å². The molecule has 0 amide bonds. The molecule has 1 aromatic heterocycles. The van der Waals surface area contributed by atoms with Gasteiger partial charge in [0.05, 0.1) is 17.6 Å². The van der Waals surface area contributed by atoms with E-state index < -0.39 is 6.35 Å². The Balaban J connectivity index is 2.47. The van der Waals surface area contributed by atoms with Crippen molar-refractivity contribution in [1.29, 1.82) is 0 Å². The molecule has 1 atom stereocenters. The third-order valence-corrected chi connectivity index (χ3v) is 1.83. The standard InChI is InChI=1S/C7H9N3O/c1-10-6-4-8-3-2-5(6)9-7(10)11/h2-4,7,9,11H,1H3. The minimum atomic E-state index is -0.616. The lowest BCUT2D eigenvalue weighted by Crippen LogP contribution is -2.31. The number of nitrogens with zero attached hydrogens (tertiary/aromatic N) is 2. The minimum Gasteiger partial charge on any atom is -0.356 e. The van der Waals surface area contributed by atoms with Crippen LogP contribution in [0.25, 0.3) is 0 Å². The predicted octanol–water partition coefficient (Wildman–Crippen LogP) is 0.219. The molecule has 58 valence electrons. The average molecular weight is 151 g/mol. The number of hydrogen-bond acceptors (Lipinski definition) is 4. The normalized spacial score (nSPS) is 21.3. The van der Waals surface area contributed by atoms with E-state index in [1.807, 2.05) is 13.1 Å². The van der Waals surface area contributed by atoms with Gasteiger partial charge in [-0.2, -0.15) is 0 Å². The van der Waals surface area contributed by atoms with Crippen LogP contribution in [0.1, 0.15) is 0 Å². The first-order chi connectivity index (χ1) is 5.29. The third-order valence-electron chi connectivity index (χ3n) is 1.83. The van der Waals surface area contributed by atoms with Gasteiger partial charge in [0.15, 0.2) is 0 Å². The Morgan fingerprint density at radius 2 is 2.55 bits per heavy atom. The van der Waals surface area contributed by atoms with Gasteiger partial charge in [-0.1, -0.05) is 0 Å². The molecule has 0 aliphatic carbocycles. The maximum Gasteiger partial charge on any atom is 0.205 e. The summed E-state index contributed by atoms with van der Waals surface area (Å²) in [6.07, 6.45) is 2.80. The molecule has 1 aliphatic heterocycles. The van der Waals surface area contributed by atoms with Gasteiger partial charge in [-0.3, -0.25) is 4.98 Å². The number of rotatable bonds is 0. The van der Waals surface area contributed by atoms with E-state index in [1.165, 1.54) is 0 Å². The fourth-order valence-corrected chi connectivity index (χ4v) is 1.16. The molecule has 1 unspecified atom stereocenters. The summed E-state index contributed by atoms with van der Waals surface area (Å²) in [4.78, 5) is 5.67. The van der Waals surface area contributed by atoms with E-state index in [9.17, 15) is 5.11 Å². The molecule has 1 aliphatic rings. The second kappa shape index (κ2) is 2.10. The summed E-state index contributed by atoms with van der Waals surface area (Å²) >= 11 is 0. The zero-order valence-corrected chi connectivity index (χ0v) is 6.15. The molecule has 1 aromatic rings. The van der Waals surface area contributed by atoms with Crippen molar-refractivity contribution < 1.29 is 5.11 Å². The summed E-state index contributed by atoms with van der Waals surface area (Å²) in [5, 5.41) is 12.2. The SMILES string of the molecule is CN1c2cnccc2NC1O. The van der Waals surface area contributed by atoms with Crippen molar-refractivity contribution >= 4 is 11.4 Å². The maximum atomic E-state index is 9.31. The molecule has 0 fully saturated rings. The van der Waals surface area contributed by atoms with Gasteiger partial charge >= 0.3 is 0 Å². The Morgan fingerprint density at radius 3 is 3.27 bits per heavy atom. The second-order valence-electron chi connectivity index (χ2n) is 2.52. The highest BCUT2D eigenvalue weighted by Gasteiger charge is 2.22. The lowest BCUT2D eigenvalue weighted by molar-refractivity contribution is 0.210. The summed E-state index contributed by atoms with van der Waals surface area (Å²) in [5.41, 5.74) is 1.86. The van der Waals surface area contributed by atoms with E-state index in [4.69, 9.17) is 0 Å². The molecular weight excluding hydrogens is 142 g/mol. The number of pyridine rings is 1. The van der Waals surface area contributed by atoms with Crippen LogP contribution in [0, 0.1) is 0 Å². The van der Waals surface area contributed by atoms with Gasteiger partial charge in [0.25, 0.3) is 0 Å². The number of aliphatic hydroxyl groups is 1. The number of aromatic nitrogens is 1.